The average molecular weight is 437 g/mol. The van der Waals surface area contributed by atoms with E-state index in [-0.39, 0.29) is 5.56 Å². The Hall–Kier alpha value is -2.55. The SMILES string of the molecule is CCOCCn1c(CN[C@@H](C)C(N)=O)nc2cc(Cl)c(-c3ccc(F)cc3F)cc21. The molecule has 1 atom stereocenters. The highest BCUT2D eigenvalue weighted by Crippen LogP contribution is 2.34. The molecule has 0 fully saturated rings. The van der Waals surface area contributed by atoms with Gasteiger partial charge in [-0.25, -0.2) is 13.8 Å². The third-order valence-electron chi connectivity index (χ3n) is 4.79. The van der Waals surface area contributed by atoms with Crippen LogP contribution in [0, 0.1) is 11.6 Å². The van der Waals surface area contributed by atoms with Crippen molar-refractivity contribution in [2.75, 3.05) is 13.2 Å². The summed E-state index contributed by atoms with van der Waals surface area (Å²) in [5.41, 5.74) is 7.28. The number of carbonyl (C=O) groups is 1. The summed E-state index contributed by atoms with van der Waals surface area (Å²) in [4.78, 5) is 15.9. The summed E-state index contributed by atoms with van der Waals surface area (Å²) in [5.74, 6) is -1.17. The van der Waals surface area contributed by atoms with E-state index in [1.807, 2.05) is 11.5 Å². The molecule has 0 radical (unpaired) electrons. The van der Waals surface area contributed by atoms with Crippen molar-refractivity contribution in [3.63, 3.8) is 0 Å². The minimum atomic E-state index is -0.700. The molecule has 0 saturated carbocycles. The second-order valence-corrected chi connectivity index (χ2v) is 7.23. The number of ether oxygens (including phenoxy) is 1. The normalized spacial score (nSPS) is 12.4. The third kappa shape index (κ3) is 4.77. The van der Waals surface area contributed by atoms with Gasteiger partial charge in [0, 0.05) is 30.3 Å². The van der Waals surface area contributed by atoms with Crippen LogP contribution in [0.25, 0.3) is 22.2 Å². The molecule has 3 N–H and O–H groups in total. The lowest BCUT2D eigenvalue weighted by Gasteiger charge is -2.13. The predicted molar refractivity (Wildman–Crippen MR) is 112 cm³/mol. The Balaban J connectivity index is 2.06. The first-order valence-electron chi connectivity index (χ1n) is 9.56. The van der Waals surface area contributed by atoms with Crippen LogP contribution in [0.3, 0.4) is 0 Å². The smallest absolute Gasteiger partial charge is 0.234 e. The van der Waals surface area contributed by atoms with Gasteiger partial charge in [0.15, 0.2) is 0 Å². The summed E-state index contributed by atoms with van der Waals surface area (Å²) in [7, 11) is 0. The fraction of sp³-hybridized carbons (Fsp3) is 0.333. The number of nitrogens with two attached hydrogens (primary N) is 1. The summed E-state index contributed by atoms with van der Waals surface area (Å²) >= 11 is 6.40. The first-order chi connectivity index (χ1) is 14.3. The Morgan fingerprint density at radius 3 is 2.73 bits per heavy atom. The molecule has 0 aliphatic carbocycles. The molecule has 2 aromatic carbocycles. The highest BCUT2D eigenvalue weighted by Gasteiger charge is 2.18. The molecule has 1 heterocycles. The van der Waals surface area contributed by atoms with Crippen LogP contribution in [0.2, 0.25) is 5.02 Å². The molecular formula is C21H23ClF2N4O2. The third-order valence-corrected chi connectivity index (χ3v) is 5.11. The van der Waals surface area contributed by atoms with Crippen molar-refractivity contribution in [2.24, 2.45) is 5.73 Å². The van der Waals surface area contributed by atoms with Gasteiger partial charge in [0.25, 0.3) is 0 Å². The zero-order valence-corrected chi connectivity index (χ0v) is 17.5. The second kappa shape index (κ2) is 9.51. The van der Waals surface area contributed by atoms with Crippen molar-refractivity contribution in [1.29, 1.82) is 0 Å². The van der Waals surface area contributed by atoms with Crippen molar-refractivity contribution < 1.29 is 18.3 Å². The fourth-order valence-corrected chi connectivity index (χ4v) is 3.40. The molecule has 9 heteroatoms. The van der Waals surface area contributed by atoms with E-state index >= 15 is 0 Å². The first kappa shape index (κ1) is 22.1. The molecule has 0 spiro atoms. The highest BCUT2D eigenvalue weighted by atomic mass is 35.5. The Bertz CT molecular complexity index is 1070. The van der Waals surface area contributed by atoms with Gasteiger partial charge in [-0.05, 0) is 38.1 Å². The molecule has 6 nitrogen and oxygen atoms in total. The largest absolute Gasteiger partial charge is 0.380 e. The zero-order valence-electron chi connectivity index (χ0n) is 16.7. The molecule has 1 amide bonds. The monoisotopic (exact) mass is 436 g/mol. The summed E-state index contributed by atoms with van der Waals surface area (Å²) in [6, 6.07) is 6.21. The maximum atomic E-state index is 14.4. The first-order valence-corrected chi connectivity index (χ1v) is 9.94. The molecule has 0 aliphatic rings. The maximum Gasteiger partial charge on any atom is 0.234 e. The fourth-order valence-electron chi connectivity index (χ4n) is 3.14. The number of benzene rings is 2. The number of amides is 1. The van der Waals surface area contributed by atoms with Gasteiger partial charge in [0.2, 0.25) is 5.91 Å². The van der Waals surface area contributed by atoms with Gasteiger partial charge in [0.1, 0.15) is 17.5 Å². The van der Waals surface area contributed by atoms with E-state index in [2.05, 4.69) is 10.3 Å². The van der Waals surface area contributed by atoms with Crippen LogP contribution in [0.1, 0.15) is 19.7 Å². The van der Waals surface area contributed by atoms with Crippen LogP contribution < -0.4 is 11.1 Å². The lowest BCUT2D eigenvalue weighted by atomic mass is 10.0. The Morgan fingerprint density at radius 2 is 2.07 bits per heavy atom. The molecule has 30 heavy (non-hydrogen) atoms. The molecule has 3 aromatic rings. The van der Waals surface area contributed by atoms with Gasteiger partial charge in [-0.2, -0.15) is 0 Å². The summed E-state index contributed by atoms with van der Waals surface area (Å²) in [6.07, 6.45) is 0. The Morgan fingerprint density at radius 1 is 1.30 bits per heavy atom. The van der Waals surface area contributed by atoms with E-state index in [1.54, 1.807) is 19.1 Å². The molecule has 160 valence electrons. The Labute approximate surface area is 178 Å². The van der Waals surface area contributed by atoms with E-state index in [9.17, 15) is 13.6 Å². The maximum absolute atomic E-state index is 14.4. The second-order valence-electron chi connectivity index (χ2n) is 6.83. The lowest BCUT2D eigenvalue weighted by molar-refractivity contribution is -0.119. The minimum Gasteiger partial charge on any atom is -0.380 e. The molecule has 0 saturated heterocycles. The number of hydrogen-bond donors (Lipinski definition) is 2. The van der Waals surface area contributed by atoms with Crippen molar-refractivity contribution in [2.45, 2.75) is 33.0 Å². The van der Waals surface area contributed by atoms with E-state index in [0.29, 0.717) is 48.2 Å². The van der Waals surface area contributed by atoms with Crippen molar-refractivity contribution in [3.8, 4) is 11.1 Å². The van der Waals surface area contributed by atoms with Crippen LogP contribution in [0.4, 0.5) is 8.78 Å². The van der Waals surface area contributed by atoms with Crippen molar-refractivity contribution in [3.05, 3.63) is 52.8 Å². The van der Waals surface area contributed by atoms with Crippen molar-refractivity contribution >= 4 is 28.5 Å². The van der Waals surface area contributed by atoms with Crippen molar-refractivity contribution in [1.82, 2.24) is 14.9 Å². The molecule has 1 aromatic heterocycles. The van der Waals surface area contributed by atoms with Gasteiger partial charge < -0.3 is 15.0 Å². The van der Waals surface area contributed by atoms with Gasteiger partial charge >= 0.3 is 0 Å². The predicted octanol–water partition coefficient (Wildman–Crippen LogP) is 3.63. The molecule has 0 bridgehead atoms. The standard InChI is InChI=1S/C21H23ClF2N4O2/c1-3-30-7-6-28-19-9-15(14-5-4-13(23)8-17(14)24)16(22)10-18(19)27-20(28)11-26-12(2)21(25)29/h4-5,8-10,12,26H,3,6-7,11H2,1-2H3,(H2,25,29)/t12-/m0/s1. The number of primary amides is 1. The average Bonchev–Trinajstić information content (AvgIpc) is 3.02. The molecule has 0 unspecified atom stereocenters. The number of halogens is 3. The number of aromatic nitrogens is 2. The number of rotatable bonds is 9. The molecule has 3 rings (SSSR count). The summed E-state index contributed by atoms with van der Waals surface area (Å²) in [6.45, 7) is 5.38. The number of carbonyl (C=O) groups excluding carboxylic acids is 1. The summed E-state index contributed by atoms with van der Waals surface area (Å²) < 4.78 is 35.1. The van der Waals surface area contributed by atoms with E-state index in [1.165, 1.54) is 12.1 Å². The van der Waals surface area contributed by atoms with Gasteiger partial charge in [-0.1, -0.05) is 11.6 Å². The lowest BCUT2D eigenvalue weighted by Crippen LogP contribution is -2.38. The van der Waals surface area contributed by atoms with Crippen LogP contribution in [-0.4, -0.2) is 34.7 Å². The number of nitrogens with one attached hydrogen (secondary N) is 1. The highest BCUT2D eigenvalue weighted by molar-refractivity contribution is 6.34. The van der Waals surface area contributed by atoms with E-state index < -0.39 is 23.6 Å². The quantitative estimate of drug-likeness (QED) is 0.502. The number of nitrogens with zero attached hydrogens (tertiary/aromatic N) is 2. The zero-order chi connectivity index (χ0) is 21.8. The summed E-state index contributed by atoms with van der Waals surface area (Å²) in [5, 5.41) is 3.33. The molecular weight excluding hydrogens is 414 g/mol. The topological polar surface area (TPSA) is 82.2 Å². The Kier molecular flexibility index (Phi) is 7.02. The number of fused-ring (bicyclic) bond motifs is 1. The van der Waals surface area contributed by atoms with Crippen LogP contribution in [0.15, 0.2) is 30.3 Å². The van der Waals surface area contributed by atoms with Gasteiger partial charge in [0.05, 0.1) is 35.2 Å². The van der Waals surface area contributed by atoms with Crippen LogP contribution >= 0.6 is 11.6 Å². The molecule has 0 aliphatic heterocycles. The van der Waals surface area contributed by atoms with Crippen LogP contribution in [-0.2, 0) is 22.6 Å². The number of imidazole rings is 1. The van der Waals surface area contributed by atoms with E-state index in [4.69, 9.17) is 22.1 Å². The van der Waals surface area contributed by atoms with Gasteiger partial charge in [-0.3, -0.25) is 10.1 Å². The van der Waals surface area contributed by atoms with Crippen LogP contribution in [0.5, 0.6) is 0 Å². The minimum absolute atomic E-state index is 0.197. The van der Waals surface area contributed by atoms with Gasteiger partial charge in [-0.15, -0.1) is 0 Å². The van der Waals surface area contributed by atoms with E-state index in [0.717, 1.165) is 11.6 Å². The number of hydrogen-bond acceptors (Lipinski definition) is 4.